The van der Waals surface area contributed by atoms with Crippen molar-refractivity contribution in [2.24, 2.45) is 5.92 Å². The van der Waals surface area contributed by atoms with E-state index in [1.807, 2.05) is 0 Å². The van der Waals surface area contributed by atoms with Gasteiger partial charge in [0.2, 0.25) is 0 Å². The second-order valence-electron chi connectivity index (χ2n) is 4.89. The lowest BCUT2D eigenvalue weighted by molar-refractivity contribution is 0.0603. The minimum Gasteiger partial charge on any atom is -0.465 e. The minimum atomic E-state index is -0.528. The van der Waals surface area contributed by atoms with Crippen molar-refractivity contribution in [2.75, 3.05) is 25.2 Å². The fourth-order valence-electron chi connectivity index (χ4n) is 2.05. The van der Waals surface area contributed by atoms with Crippen LogP contribution in [0.4, 0.5) is 10.7 Å². The van der Waals surface area contributed by atoms with Gasteiger partial charge < -0.3 is 21.1 Å². The van der Waals surface area contributed by atoms with Crippen LogP contribution >= 0.6 is 11.3 Å². The van der Waals surface area contributed by atoms with Gasteiger partial charge in [0, 0.05) is 13.1 Å². The van der Waals surface area contributed by atoms with Gasteiger partial charge in [-0.2, -0.15) is 0 Å². The number of hydrogen-bond donors (Lipinski definition) is 3. The average Bonchev–Trinajstić information content (AvgIpc) is 3.23. The molecule has 110 valence electrons. The van der Waals surface area contributed by atoms with Gasteiger partial charge in [-0.25, -0.2) is 4.79 Å². The van der Waals surface area contributed by atoms with Crippen LogP contribution in [0, 0.1) is 5.92 Å². The Hall–Kier alpha value is -1.76. The molecule has 1 aliphatic carbocycles. The summed E-state index contributed by atoms with van der Waals surface area (Å²) in [5.74, 6) is -0.212. The first kappa shape index (κ1) is 14.6. The van der Waals surface area contributed by atoms with E-state index in [0.29, 0.717) is 15.8 Å². The van der Waals surface area contributed by atoms with Gasteiger partial charge in [0.25, 0.3) is 5.91 Å². The molecule has 1 aliphatic rings. The molecule has 4 N–H and O–H groups in total. The normalized spacial score (nSPS) is 15.6. The predicted octanol–water partition coefficient (Wildman–Crippen LogP) is 1.69. The molecule has 1 saturated carbocycles. The minimum absolute atomic E-state index is 0.173. The van der Waals surface area contributed by atoms with Crippen LogP contribution in [0.3, 0.4) is 0 Å². The van der Waals surface area contributed by atoms with Crippen molar-refractivity contribution in [2.45, 2.75) is 25.8 Å². The third-order valence-corrected chi connectivity index (χ3v) is 4.59. The van der Waals surface area contributed by atoms with Gasteiger partial charge in [0.1, 0.15) is 15.4 Å². The molecule has 0 aliphatic heterocycles. The molecule has 1 aromatic rings. The second kappa shape index (κ2) is 5.70. The number of esters is 1. The standard InChI is InChI=1S/C13H19N3O3S/c1-6(7-4-5-7)16-12-8(13(18)19-3)9(14)10(20-12)11(17)15-2/h6-7,16H,4-5,14H2,1-3H3,(H,15,17). The molecule has 6 nitrogen and oxygen atoms in total. The number of anilines is 2. The smallest absolute Gasteiger partial charge is 0.343 e. The Morgan fingerprint density at radius 2 is 2.10 bits per heavy atom. The summed E-state index contributed by atoms with van der Waals surface area (Å²) in [4.78, 5) is 24.0. The number of ether oxygens (including phenoxy) is 1. The number of rotatable bonds is 5. The first-order chi connectivity index (χ1) is 9.49. The molecule has 1 unspecified atom stereocenters. The van der Waals surface area contributed by atoms with E-state index in [2.05, 4.69) is 17.6 Å². The van der Waals surface area contributed by atoms with Gasteiger partial charge in [-0.1, -0.05) is 0 Å². The number of hydrogen-bond acceptors (Lipinski definition) is 6. The molecule has 20 heavy (non-hydrogen) atoms. The molecule has 1 atom stereocenters. The summed E-state index contributed by atoms with van der Waals surface area (Å²) >= 11 is 1.19. The first-order valence-corrected chi connectivity index (χ1v) is 7.30. The van der Waals surface area contributed by atoms with Gasteiger partial charge in [-0.3, -0.25) is 4.79 Å². The maximum atomic E-state index is 11.9. The number of thiophene rings is 1. The van der Waals surface area contributed by atoms with Crippen LogP contribution in [0.1, 0.15) is 39.8 Å². The average molecular weight is 297 g/mol. The van der Waals surface area contributed by atoms with Gasteiger partial charge in [0.05, 0.1) is 12.8 Å². The van der Waals surface area contributed by atoms with Crippen molar-refractivity contribution >= 4 is 33.9 Å². The molecule has 0 spiro atoms. The lowest BCUT2D eigenvalue weighted by Gasteiger charge is -2.13. The Morgan fingerprint density at radius 3 is 2.60 bits per heavy atom. The summed E-state index contributed by atoms with van der Waals surface area (Å²) in [5, 5.41) is 6.41. The molecular weight excluding hydrogens is 278 g/mol. The zero-order valence-electron chi connectivity index (χ0n) is 11.8. The number of methoxy groups -OCH3 is 1. The van der Waals surface area contributed by atoms with Crippen LogP contribution in [-0.4, -0.2) is 32.1 Å². The molecule has 1 heterocycles. The summed E-state index contributed by atoms with van der Waals surface area (Å²) in [6.07, 6.45) is 2.37. The Labute approximate surface area is 121 Å². The first-order valence-electron chi connectivity index (χ1n) is 6.48. The number of carbonyl (C=O) groups is 2. The zero-order chi connectivity index (χ0) is 14.9. The lowest BCUT2D eigenvalue weighted by atomic mass is 10.2. The molecule has 0 radical (unpaired) electrons. The number of carbonyl (C=O) groups excluding carboxylic acids is 2. The third kappa shape index (κ3) is 2.72. The van der Waals surface area contributed by atoms with E-state index in [4.69, 9.17) is 10.5 Å². The third-order valence-electron chi connectivity index (χ3n) is 3.46. The number of nitrogens with two attached hydrogens (primary N) is 1. The van der Waals surface area contributed by atoms with Crippen molar-refractivity contribution in [1.29, 1.82) is 0 Å². The topological polar surface area (TPSA) is 93.5 Å². The van der Waals surface area contributed by atoms with Gasteiger partial charge >= 0.3 is 5.97 Å². The van der Waals surface area contributed by atoms with Gasteiger partial charge in [-0.15, -0.1) is 11.3 Å². The van der Waals surface area contributed by atoms with Crippen molar-refractivity contribution in [3.63, 3.8) is 0 Å². The van der Waals surface area contributed by atoms with E-state index in [1.165, 1.54) is 38.3 Å². The van der Waals surface area contributed by atoms with Crippen LogP contribution in [0.25, 0.3) is 0 Å². The van der Waals surface area contributed by atoms with E-state index < -0.39 is 5.97 Å². The van der Waals surface area contributed by atoms with Crippen molar-refractivity contribution in [3.8, 4) is 0 Å². The second-order valence-corrected chi connectivity index (χ2v) is 5.91. The number of amides is 1. The molecule has 1 amide bonds. The molecule has 0 saturated heterocycles. The van der Waals surface area contributed by atoms with E-state index in [0.717, 1.165) is 0 Å². The number of nitrogens with one attached hydrogen (secondary N) is 2. The summed E-state index contributed by atoms with van der Waals surface area (Å²) in [5.41, 5.74) is 6.36. The molecule has 1 aromatic heterocycles. The number of nitrogen functional groups attached to an aromatic ring is 1. The maximum Gasteiger partial charge on any atom is 0.343 e. The Bertz CT molecular complexity index is 537. The molecule has 2 rings (SSSR count). The Kier molecular flexibility index (Phi) is 4.17. The molecular formula is C13H19N3O3S. The van der Waals surface area contributed by atoms with E-state index in [-0.39, 0.29) is 23.2 Å². The highest BCUT2D eigenvalue weighted by atomic mass is 32.1. The highest BCUT2D eigenvalue weighted by Gasteiger charge is 2.31. The molecule has 1 fully saturated rings. The van der Waals surface area contributed by atoms with Crippen LogP contribution < -0.4 is 16.4 Å². The van der Waals surface area contributed by atoms with E-state index in [1.54, 1.807) is 0 Å². The Morgan fingerprint density at radius 1 is 1.45 bits per heavy atom. The lowest BCUT2D eigenvalue weighted by Crippen LogP contribution is -2.19. The summed E-state index contributed by atoms with van der Waals surface area (Å²) in [6.45, 7) is 2.06. The Balaban J connectivity index is 2.36. The molecule has 0 aromatic carbocycles. The van der Waals surface area contributed by atoms with Gasteiger partial charge in [0.15, 0.2) is 0 Å². The summed E-state index contributed by atoms with van der Waals surface area (Å²) in [6, 6.07) is 0.244. The van der Waals surface area contributed by atoms with Crippen molar-refractivity contribution in [3.05, 3.63) is 10.4 Å². The van der Waals surface area contributed by atoms with Crippen LogP contribution in [0.2, 0.25) is 0 Å². The van der Waals surface area contributed by atoms with Crippen LogP contribution in [0.15, 0.2) is 0 Å². The highest BCUT2D eigenvalue weighted by molar-refractivity contribution is 7.19. The quantitative estimate of drug-likeness (QED) is 0.719. The maximum absolute atomic E-state index is 11.9. The summed E-state index contributed by atoms with van der Waals surface area (Å²) < 4.78 is 4.76. The fourth-order valence-corrected chi connectivity index (χ4v) is 3.20. The van der Waals surface area contributed by atoms with Crippen LogP contribution in [-0.2, 0) is 4.74 Å². The SMILES string of the molecule is CNC(=O)c1sc(NC(C)C2CC2)c(C(=O)OC)c1N. The zero-order valence-corrected chi connectivity index (χ0v) is 12.6. The van der Waals surface area contributed by atoms with E-state index >= 15 is 0 Å². The fraction of sp³-hybridized carbons (Fsp3) is 0.538. The molecule has 0 bridgehead atoms. The monoisotopic (exact) mass is 297 g/mol. The van der Waals surface area contributed by atoms with Crippen molar-refractivity contribution in [1.82, 2.24) is 5.32 Å². The summed E-state index contributed by atoms with van der Waals surface area (Å²) in [7, 11) is 2.83. The van der Waals surface area contributed by atoms with E-state index in [9.17, 15) is 9.59 Å². The molecule has 7 heteroatoms. The van der Waals surface area contributed by atoms with Crippen LogP contribution in [0.5, 0.6) is 0 Å². The predicted molar refractivity (Wildman–Crippen MR) is 79.3 cm³/mol. The van der Waals surface area contributed by atoms with Gasteiger partial charge in [-0.05, 0) is 25.7 Å². The highest BCUT2D eigenvalue weighted by Crippen LogP contribution is 2.40. The largest absolute Gasteiger partial charge is 0.465 e. The van der Waals surface area contributed by atoms with Crippen molar-refractivity contribution < 1.29 is 14.3 Å².